The van der Waals surface area contributed by atoms with E-state index in [0.717, 1.165) is 4.68 Å². The summed E-state index contributed by atoms with van der Waals surface area (Å²) < 4.78 is 25.4. The summed E-state index contributed by atoms with van der Waals surface area (Å²) in [6.45, 7) is 0. The fraction of sp³-hybridized carbons (Fsp3) is 0.125. The highest BCUT2D eigenvalue weighted by molar-refractivity contribution is 5.84. The fourth-order valence-corrected chi connectivity index (χ4v) is 1.05. The average Bonchev–Trinajstić information content (AvgIpc) is 2.58. The number of nitrogens with zero attached hydrogens (tertiary/aromatic N) is 3. The van der Waals surface area contributed by atoms with E-state index in [1.807, 2.05) is 0 Å². The highest BCUT2D eigenvalue weighted by atomic mass is 16.5. The SMILES string of the molecule is [2H]C([2H])([2H])OC(=O)n1nnc2ccccc21. The second-order valence-electron chi connectivity index (χ2n) is 2.36. The van der Waals surface area contributed by atoms with Crippen molar-refractivity contribution < 1.29 is 13.6 Å². The van der Waals surface area contributed by atoms with Crippen molar-refractivity contribution in [2.75, 3.05) is 7.04 Å². The zero-order valence-corrected chi connectivity index (χ0v) is 6.47. The normalized spacial score (nSPS) is 14.6. The van der Waals surface area contributed by atoms with Gasteiger partial charge in [0, 0.05) is 0 Å². The number of ether oxygens (including phenoxy) is 1. The maximum absolute atomic E-state index is 11.4. The van der Waals surface area contributed by atoms with Crippen molar-refractivity contribution in [3.05, 3.63) is 24.3 Å². The lowest BCUT2D eigenvalue weighted by Crippen LogP contribution is -2.12. The number of aromatic nitrogens is 3. The van der Waals surface area contributed by atoms with Crippen LogP contribution in [0.1, 0.15) is 4.11 Å². The molecule has 2 rings (SSSR count). The summed E-state index contributed by atoms with van der Waals surface area (Å²) in [4.78, 5) is 11.4. The number of hydrogen-bond donors (Lipinski definition) is 0. The molecule has 0 N–H and O–H groups in total. The van der Waals surface area contributed by atoms with Crippen LogP contribution in [-0.2, 0) is 4.74 Å². The topological polar surface area (TPSA) is 57.0 Å². The Balaban J connectivity index is 2.37. The van der Waals surface area contributed by atoms with E-state index in [1.54, 1.807) is 24.3 Å². The lowest BCUT2D eigenvalue weighted by atomic mass is 10.3. The van der Waals surface area contributed by atoms with Crippen LogP contribution in [0.4, 0.5) is 4.79 Å². The molecule has 0 radical (unpaired) electrons. The lowest BCUT2D eigenvalue weighted by molar-refractivity contribution is 0.170. The van der Waals surface area contributed by atoms with E-state index in [4.69, 9.17) is 4.11 Å². The molecule has 13 heavy (non-hydrogen) atoms. The van der Waals surface area contributed by atoms with Crippen molar-refractivity contribution in [2.24, 2.45) is 0 Å². The zero-order valence-electron chi connectivity index (χ0n) is 9.47. The van der Waals surface area contributed by atoms with Crippen LogP contribution in [0.2, 0.25) is 0 Å². The summed E-state index contributed by atoms with van der Waals surface area (Å²) in [7, 11) is -2.79. The molecule has 0 bridgehead atoms. The Labute approximate surface area is 78.1 Å². The van der Waals surface area contributed by atoms with Gasteiger partial charge in [0.25, 0.3) is 0 Å². The monoisotopic (exact) mass is 180 g/mol. The van der Waals surface area contributed by atoms with Crippen molar-refractivity contribution in [3.63, 3.8) is 0 Å². The summed E-state index contributed by atoms with van der Waals surface area (Å²) in [6, 6.07) is 6.67. The second-order valence-corrected chi connectivity index (χ2v) is 2.36. The second kappa shape index (κ2) is 2.85. The quantitative estimate of drug-likeness (QED) is 0.608. The van der Waals surface area contributed by atoms with Crippen LogP contribution in [0.15, 0.2) is 24.3 Å². The van der Waals surface area contributed by atoms with Gasteiger partial charge in [0.05, 0.1) is 11.2 Å². The van der Waals surface area contributed by atoms with E-state index in [9.17, 15) is 4.79 Å². The van der Waals surface area contributed by atoms with E-state index in [1.165, 1.54) is 0 Å². The first kappa shape index (κ1) is 4.96. The highest BCUT2D eigenvalue weighted by Gasteiger charge is 2.10. The van der Waals surface area contributed by atoms with Crippen molar-refractivity contribution >= 4 is 17.1 Å². The number of benzene rings is 1. The van der Waals surface area contributed by atoms with Crippen LogP contribution in [0.3, 0.4) is 0 Å². The molecule has 66 valence electrons. The standard InChI is InChI=1S/C8H7N3O2/c1-13-8(12)11-7-5-3-2-4-6(7)9-10-11/h2-5H,1H3/i1D3. The van der Waals surface area contributed by atoms with Crippen LogP contribution in [0.25, 0.3) is 11.0 Å². The van der Waals surface area contributed by atoms with Crippen LogP contribution >= 0.6 is 0 Å². The molecule has 0 fully saturated rings. The predicted molar refractivity (Wildman–Crippen MR) is 45.3 cm³/mol. The molecule has 1 aromatic heterocycles. The van der Waals surface area contributed by atoms with Crippen molar-refractivity contribution in [1.82, 2.24) is 15.0 Å². The average molecular weight is 180 g/mol. The maximum atomic E-state index is 11.4. The third-order valence-corrected chi connectivity index (χ3v) is 1.61. The molecule has 0 amide bonds. The van der Waals surface area contributed by atoms with Gasteiger partial charge in [-0.15, -0.1) is 9.78 Å². The first-order valence-corrected chi connectivity index (χ1v) is 3.51. The van der Waals surface area contributed by atoms with Crippen LogP contribution in [-0.4, -0.2) is 28.1 Å². The molecule has 0 aliphatic heterocycles. The molecule has 1 heterocycles. The Morgan fingerprint density at radius 2 is 2.46 bits per heavy atom. The summed E-state index contributed by atoms with van der Waals surface area (Å²) in [5, 5.41) is 7.22. The summed E-state index contributed by atoms with van der Waals surface area (Å²) >= 11 is 0. The molecule has 5 nitrogen and oxygen atoms in total. The van der Waals surface area contributed by atoms with Crippen LogP contribution in [0.5, 0.6) is 0 Å². The van der Waals surface area contributed by atoms with Gasteiger partial charge in [-0.05, 0) is 12.1 Å². The minimum atomic E-state index is -2.79. The molecule has 0 atom stereocenters. The van der Waals surface area contributed by atoms with Crippen LogP contribution in [0, 0.1) is 0 Å². The molecule has 0 saturated heterocycles. The Morgan fingerprint density at radius 1 is 1.62 bits per heavy atom. The molecule has 2 aromatic rings. The molecule has 0 aliphatic rings. The van der Waals surface area contributed by atoms with Crippen LogP contribution < -0.4 is 0 Å². The fourth-order valence-electron chi connectivity index (χ4n) is 1.05. The first-order chi connectivity index (χ1) is 7.47. The van der Waals surface area contributed by atoms with E-state index >= 15 is 0 Å². The molecule has 0 spiro atoms. The van der Waals surface area contributed by atoms with Crippen molar-refractivity contribution in [1.29, 1.82) is 0 Å². The number of hydrogen-bond acceptors (Lipinski definition) is 4. The smallest absolute Gasteiger partial charge is 0.436 e. The van der Waals surface area contributed by atoms with Gasteiger partial charge in [0.1, 0.15) is 11.0 Å². The third-order valence-electron chi connectivity index (χ3n) is 1.61. The molecule has 1 aromatic carbocycles. The number of methoxy groups -OCH3 is 1. The highest BCUT2D eigenvalue weighted by Crippen LogP contribution is 2.09. The molecule has 0 aliphatic carbocycles. The minimum Gasteiger partial charge on any atom is -0.451 e. The maximum Gasteiger partial charge on any atom is 0.436 e. The van der Waals surface area contributed by atoms with Gasteiger partial charge in [-0.1, -0.05) is 17.3 Å². The number of para-hydroxylation sites is 1. The number of fused-ring (bicyclic) bond motifs is 1. The van der Waals surface area contributed by atoms with Gasteiger partial charge >= 0.3 is 6.09 Å². The van der Waals surface area contributed by atoms with E-state index in [-0.39, 0.29) is 0 Å². The zero-order chi connectivity index (χ0) is 11.8. The van der Waals surface area contributed by atoms with E-state index < -0.39 is 13.1 Å². The number of carbonyl (C=O) groups excluding carboxylic acids is 1. The first-order valence-electron chi connectivity index (χ1n) is 5.01. The molecule has 0 unspecified atom stereocenters. The van der Waals surface area contributed by atoms with Gasteiger partial charge in [-0.3, -0.25) is 0 Å². The molecule has 5 heteroatoms. The predicted octanol–water partition coefficient (Wildman–Crippen LogP) is 1.05. The Bertz CT molecular complexity index is 535. The summed E-state index contributed by atoms with van der Waals surface area (Å²) in [5.74, 6) is 0. The number of rotatable bonds is 0. The van der Waals surface area contributed by atoms with E-state index in [2.05, 4.69) is 15.0 Å². The van der Waals surface area contributed by atoms with E-state index in [0.29, 0.717) is 11.0 Å². The summed E-state index contributed by atoms with van der Waals surface area (Å²) in [6.07, 6.45) is -1.08. The van der Waals surface area contributed by atoms with Gasteiger partial charge in [0.2, 0.25) is 0 Å². The molecule has 0 saturated carbocycles. The lowest BCUT2D eigenvalue weighted by Gasteiger charge is -1.96. The molecular weight excluding hydrogens is 170 g/mol. The van der Waals surface area contributed by atoms with Gasteiger partial charge in [-0.2, -0.15) is 0 Å². The molecular formula is C8H7N3O2. The van der Waals surface area contributed by atoms with Crippen molar-refractivity contribution in [2.45, 2.75) is 0 Å². The van der Waals surface area contributed by atoms with Gasteiger partial charge < -0.3 is 4.74 Å². The summed E-state index contributed by atoms with van der Waals surface area (Å²) in [5.41, 5.74) is 0.891. The Morgan fingerprint density at radius 3 is 3.31 bits per heavy atom. The van der Waals surface area contributed by atoms with Crippen molar-refractivity contribution in [3.8, 4) is 0 Å². The minimum absolute atomic E-state index is 0.400. The number of carbonyl (C=O) groups is 1. The van der Waals surface area contributed by atoms with Gasteiger partial charge in [0.15, 0.2) is 0 Å². The Hall–Kier alpha value is -1.91. The third kappa shape index (κ3) is 1.14. The Kier molecular flexibility index (Phi) is 1.09. The van der Waals surface area contributed by atoms with Gasteiger partial charge in [-0.25, -0.2) is 4.79 Å². The largest absolute Gasteiger partial charge is 0.451 e.